The van der Waals surface area contributed by atoms with Crippen LogP contribution in [-0.4, -0.2) is 49.1 Å². The summed E-state index contributed by atoms with van der Waals surface area (Å²) in [5, 5.41) is 2.87. The highest BCUT2D eigenvalue weighted by Gasteiger charge is 2.18. The third-order valence-electron chi connectivity index (χ3n) is 5.35. The Kier molecular flexibility index (Phi) is 6.43. The Balaban J connectivity index is 1.30. The van der Waals surface area contributed by atoms with Crippen molar-refractivity contribution in [3.63, 3.8) is 0 Å². The summed E-state index contributed by atoms with van der Waals surface area (Å²) in [7, 11) is 1.57. The molecular formula is C24H25FN4O2. The van der Waals surface area contributed by atoms with Gasteiger partial charge in [-0.3, -0.25) is 9.69 Å². The molecule has 3 aromatic rings. The van der Waals surface area contributed by atoms with E-state index >= 15 is 0 Å². The molecule has 1 N–H and O–H groups in total. The van der Waals surface area contributed by atoms with Gasteiger partial charge in [0.25, 0.3) is 5.91 Å². The van der Waals surface area contributed by atoms with E-state index in [0.29, 0.717) is 17.0 Å². The molecule has 0 atom stereocenters. The quantitative estimate of drug-likeness (QED) is 0.657. The zero-order valence-electron chi connectivity index (χ0n) is 17.4. The van der Waals surface area contributed by atoms with Gasteiger partial charge in [0, 0.05) is 38.3 Å². The Morgan fingerprint density at radius 3 is 2.52 bits per heavy atom. The molecule has 0 aliphatic carbocycles. The summed E-state index contributed by atoms with van der Waals surface area (Å²) < 4.78 is 18.2. The molecule has 2 heterocycles. The molecule has 6 nitrogen and oxygen atoms in total. The number of rotatable bonds is 6. The van der Waals surface area contributed by atoms with Gasteiger partial charge >= 0.3 is 0 Å². The molecule has 1 fully saturated rings. The number of anilines is 2. The van der Waals surface area contributed by atoms with Crippen molar-refractivity contribution in [2.45, 2.75) is 6.54 Å². The second kappa shape index (κ2) is 9.57. The van der Waals surface area contributed by atoms with E-state index in [0.717, 1.165) is 44.1 Å². The van der Waals surface area contributed by atoms with E-state index in [1.54, 1.807) is 37.6 Å². The first-order valence-corrected chi connectivity index (χ1v) is 10.2. The molecule has 1 aliphatic rings. The van der Waals surface area contributed by atoms with Gasteiger partial charge in [-0.15, -0.1) is 0 Å². The number of nitrogens with zero attached hydrogens (tertiary/aromatic N) is 3. The first kappa shape index (κ1) is 20.8. The third-order valence-corrected chi connectivity index (χ3v) is 5.35. The van der Waals surface area contributed by atoms with Gasteiger partial charge in [0.2, 0.25) is 0 Å². The predicted octanol–water partition coefficient (Wildman–Crippen LogP) is 3.80. The highest BCUT2D eigenvalue weighted by molar-refractivity contribution is 6.04. The van der Waals surface area contributed by atoms with Crippen LogP contribution >= 0.6 is 0 Å². The second-order valence-corrected chi connectivity index (χ2v) is 7.48. The first-order chi connectivity index (χ1) is 15.1. The van der Waals surface area contributed by atoms with Crippen molar-refractivity contribution in [2.24, 2.45) is 0 Å². The molecule has 31 heavy (non-hydrogen) atoms. The first-order valence-electron chi connectivity index (χ1n) is 10.2. The van der Waals surface area contributed by atoms with Crippen molar-refractivity contribution in [2.75, 3.05) is 43.5 Å². The molecule has 0 unspecified atom stereocenters. The van der Waals surface area contributed by atoms with Crippen molar-refractivity contribution in [1.29, 1.82) is 0 Å². The van der Waals surface area contributed by atoms with Crippen LogP contribution in [0.25, 0.3) is 0 Å². The smallest absolute Gasteiger partial charge is 0.255 e. The van der Waals surface area contributed by atoms with Crippen molar-refractivity contribution in [1.82, 2.24) is 9.88 Å². The lowest BCUT2D eigenvalue weighted by atomic mass is 10.2. The minimum atomic E-state index is -0.206. The van der Waals surface area contributed by atoms with Crippen LogP contribution in [0.15, 0.2) is 66.9 Å². The lowest BCUT2D eigenvalue weighted by molar-refractivity contribution is 0.102. The highest BCUT2D eigenvalue weighted by atomic mass is 19.1. The minimum absolute atomic E-state index is 0.206. The van der Waals surface area contributed by atoms with Gasteiger partial charge in [0.1, 0.15) is 17.4 Å². The lowest BCUT2D eigenvalue weighted by Gasteiger charge is -2.35. The largest absolute Gasteiger partial charge is 0.497 e. The van der Waals surface area contributed by atoms with Gasteiger partial charge in [-0.05, 0) is 48.0 Å². The zero-order valence-corrected chi connectivity index (χ0v) is 17.4. The summed E-state index contributed by atoms with van der Waals surface area (Å²) in [4.78, 5) is 21.6. The predicted molar refractivity (Wildman–Crippen MR) is 119 cm³/mol. The van der Waals surface area contributed by atoms with Crippen LogP contribution in [0.1, 0.15) is 15.9 Å². The highest BCUT2D eigenvalue weighted by Crippen LogP contribution is 2.19. The number of pyridine rings is 1. The Labute approximate surface area is 181 Å². The number of hydrogen-bond donors (Lipinski definition) is 1. The SMILES string of the molecule is COc1cccc(C(=O)Nc2ccc(N3CCN(Cc4ccc(F)cc4)CC3)nc2)c1. The van der Waals surface area contributed by atoms with Gasteiger partial charge in [-0.2, -0.15) is 0 Å². The molecule has 4 rings (SSSR count). The van der Waals surface area contributed by atoms with E-state index in [9.17, 15) is 9.18 Å². The average molecular weight is 420 g/mol. The molecule has 1 amide bonds. The second-order valence-electron chi connectivity index (χ2n) is 7.48. The number of amides is 1. The molecule has 0 radical (unpaired) electrons. The topological polar surface area (TPSA) is 57.7 Å². The molecule has 160 valence electrons. The fraction of sp³-hybridized carbons (Fsp3) is 0.250. The number of carbonyl (C=O) groups excluding carboxylic acids is 1. The molecule has 0 saturated carbocycles. The van der Waals surface area contributed by atoms with E-state index in [4.69, 9.17) is 4.74 Å². The van der Waals surface area contributed by atoms with E-state index in [1.807, 2.05) is 24.3 Å². The fourth-order valence-corrected chi connectivity index (χ4v) is 3.60. The lowest BCUT2D eigenvalue weighted by Crippen LogP contribution is -2.46. The molecule has 7 heteroatoms. The number of piperazine rings is 1. The van der Waals surface area contributed by atoms with Crippen LogP contribution in [-0.2, 0) is 6.54 Å². The van der Waals surface area contributed by atoms with Gasteiger partial charge in [0.05, 0.1) is 19.0 Å². The summed E-state index contributed by atoms with van der Waals surface area (Å²) in [6, 6.07) is 17.5. The summed E-state index contributed by atoms with van der Waals surface area (Å²) >= 11 is 0. The minimum Gasteiger partial charge on any atom is -0.497 e. The van der Waals surface area contributed by atoms with Crippen LogP contribution < -0.4 is 15.0 Å². The monoisotopic (exact) mass is 420 g/mol. The van der Waals surface area contributed by atoms with E-state index in [-0.39, 0.29) is 11.7 Å². The Morgan fingerprint density at radius 2 is 1.84 bits per heavy atom. The van der Waals surface area contributed by atoms with Gasteiger partial charge < -0.3 is 15.0 Å². The molecule has 1 saturated heterocycles. The number of halogens is 1. The number of nitrogens with one attached hydrogen (secondary N) is 1. The van der Waals surface area contributed by atoms with Crippen LogP contribution in [0, 0.1) is 5.82 Å². The third kappa shape index (κ3) is 5.38. The maximum Gasteiger partial charge on any atom is 0.255 e. The van der Waals surface area contributed by atoms with Crippen LogP contribution in [0.2, 0.25) is 0 Å². The average Bonchev–Trinajstić information content (AvgIpc) is 2.81. The van der Waals surface area contributed by atoms with E-state index in [1.165, 1.54) is 12.1 Å². The number of hydrogen-bond acceptors (Lipinski definition) is 5. The number of aromatic nitrogens is 1. The van der Waals surface area contributed by atoms with E-state index < -0.39 is 0 Å². The summed E-state index contributed by atoms with van der Waals surface area (Å²) in [6.07, 6.45) is 1.68. The van der Waals surface area contributed by atoms with Crippen LogP contribution in [0.5, 0.6) is 5.75 Å². The standard InChI is InChI=1S/C24H25FN4O2/c1-31-22-4-2-3-19(15-22)24(30)27-21-9-10-23(26-16-21)29-13-11-28(12-14-29)17-18-5-7-20(25)8-6-18/h2-10,15-16H,11-14,17H2,1H3,(H,27,30). The summed E-state index contributed by atoms with van der Waals surface area (Å²) in [6.45, 7) is 4.37. The van der Waals surface area contributed by atoms with Gasteiger partial charge in [-0.1, -0.05) is 18.2 Å². The van der Waals surface area contributed by atoms with Crippen LogP contribution in [0.3, 0.4) is 0 Å². The molecule has 1 aliphatic heterocycles. The van der Waals surface area contributed by atoms with E-state index in [2.05, 4.69) is 20.1 Å². The van der Waals surface area contributed by atoms with Crippen molar-refractivity contribution in [3.05, 3.63) is 83.8 Å². The maximum absolute atomic E-state index is 13.1. The summed E-state index contributed by atoms with van der Waals surface area (Å²) in [5.41, 5.74) is 2.29. The Morgan fingerprint density at radius 1 is 1.06 bits per heavy atom. The number of benzene rings is 2. The van der Waals surface area contributed by atoms with Crippen molar-refractivity contribution < 1.29 is 13.9 Å². The number of ether oxygens (including phenoxy) is 1. The maximum atomic E-state index is 13.1. The normalized spacial score (nSPS) is 14.3. The Hall–Kier alpha value is -3.45. The fourth-order valence-electron chi connectivity index (χ4n) is 3.60. The molecule has 2 aromatic carbocycles. The van der Waals surface area contributed by atoms with Gasteiger partial charge in [0.15, 0.2) is 0 Å². The molecular weight excluding hydrogens is 395 g/mol. The summed E-state index contributed by atoms with van der Waals surface area (Å²) in [5.74, 6) is 1.12. The van der Waals surface area contributed by atoms with Crippen molar-refractivity contribution >= 4 is 17.4 Å². The van der Waals surface area contributed by atoms with Crippen molar-refractivity contribution in [3.8, 4) is 5.75 Å². The van der Waals surface area contributed by atoms with Gasteiger partial charge in [-0.25, -0.2) is 9.37 Å². The zero-order chi connectivity index (χ0) is 21.6. The van der Waals surface area contributed by atoms with Crippen LogP contribution in [0.4, 0.5) is 15.9 Å². The molecule has 0 spiro atoms. The molecule has 0 bridgehead atoms. The Bertz CT molecular complexity index is 1020. The molecule has 1 aromatic heterocycles. The number of carbonyl (C=O) groups is 1. The number of methoxy groups -OCH3 is 1.